The van der Waals surface area contributed by atoms with Crippen molar-refractivity contribution < 1.29 is 24.2 Å². The van der Waals surface area contributed by atoms with Gasteiger partial charge in [0.15, 0.2) is 0 Å². The Morgan fingerprint density at radius 3 is 2.52 bits per heavy atom. The first-order valence-corrected chi connectivity index (χ1v) is 14.7. The molecule has 2 N–H and O–H groups in total. The Morgan fingerprint density at radius 2 is 1.95 bits per heavy atom. The number of hydrogen-bond donors (Lipinski definition) is 2. The highest BCUT2D eigenvalue weighted by Gasteiger charge is 2.59. The summed E-state index contributed by atoms with van der Waals surface area (Å²) >= 11 is 6.76. The third-order valence-electron chi connectivity index (χ3n) is 8.85. The van der Waals surface area contributed by atoms with E-state index in [9.17, 15) is 14.7 Å². The van der Waals surface area contributed by atoms with Crippen LogP contribution < -0.4 is 10.1 Å². The number of halogens is 1. The van der Waals surface area contributed by atoms with Crippen molar-refractivity contribution in [3.05, 3.63) is 58.2 Å². The number of carbonyl (C=O) groups excluding carboxylic acids is 1. The van der Waals surface area contributed by atoms with Crippen molar-refractivity contribution in [2.75, 3.05) is 13.7 Å². The van der Waals surface area contributed by atoms with E-state index in [1.165, 1.54) is 12.0 Å². The fourth-order valence-electron chi connectivity index (χ4n) is 6.73. The van der Waals surface area contributed by atoms with Crippen LogP contribution in [0.5, 0.6) is 5.88 Å². The number of ether oxygens (including phenoxy) is 2. The molecule has 3 fully saturated rings. The standard InChI is InChI=1S/C31H40ClN3O5/c1-31(2,3)24-25(33-17-20-15-19(18-9-7-10-18)16-34-28(20)39-4)26(21-11-5-6-12-22(21)32)35(27(24)30(37)38)29(36)23-13-8-14-40-23/h5-6,11-12,15-16,18,23-27,33H,7-10,13-14,17H2,1-4H3,(H,37,38)/t23-,24+,25+,26+,27+/m0/s1. The Bertz CT molecular complexity index is 1240. The molecule has 9 heteroatoms. The predicted molar refractivity (Wildman–Crippen MR) is 152 cm³/mol. The van der Waals surface area contributed by atoms with Crippen molar-refractivity contribution in [3.63, 3.8) is 0 Å². The van der Waals surface area contributed by atoms with Crippen molar-refractivity contribution in [2.45, 2.75) is 89.6 Å². The van der Waals surface area contributed by atoms with Gasteiger partial charge in [0.1, 0.15) is 12.1 Å². The Balaban J connectivity index is 1.58. The van der Waals surface area contributed by atoms with Crippen LogP contribution in [-0.2, 0) is 20.9 Å². The van der Waals surface area contributed by atoms with E-state index in [1.54, 1.807) is 18.1 Å². The first kappa shape index (κ1) is 28.8. The minimum Gasteiger partial charge on any atom is -0.481 e. The van der Waals surface area contributed by atoms with E-state index in [0.29, 0.717) is 36.4 Å². The summed E-state index contributed by atoms with van der Waals surface area (Å²) in [6.45, 7) is 7.00. The second-order valence-corrected chi connectivity index (χ2v) is 12.8. The zero-order valence-electron chi connectivity index (χ0n) is 23.7. The number of carbonyl (C=O) groups is 2. The lowest BCUT2D eigenvalue weighted by Gasteiger charge is -2.35. The summed E-state index contributed by atoms with van der Waals surface area (Å²) in [4.78, 5) is 33.2. The van der Waals surface area contributed by atoms with E-state index >= 15 is 0 Å². The number of carboxylic acid groups (broad SMARTS) is 1. The van der Waals surface area contributed by atoms with Gasteiger partial charge in [-0.2, -0.15) is 0 Å². The monoisotopic (exact) mass is 569 g/mol. The number of nitrogens with one attached hydrogen (secondary N) is 1. The van der Waals surface area contributed by atoms with Gasteiger partial charge in [-0.1, -0.05) is 57.0 Å². The molecule has 0 unspecified atom stereocenters. The lowest BCUT2D eigenvalue weighted by molar-refractivity contribution is -0.156. The third-order valence-corrected chi connectivity index (χ3v) is 9.19. The summed E-state index contributed by atoms with van der Waals surface area (Å²) in [5.74, 6) is -0.696. The molecule has 3 aliphatic rings. The predicted octanol–water partition coefficient (Wildman–Crippen LogP) is 5.35. The summed E-state index contributed by atoms with van der Waals surface area (Å²) in [5, 5.41) is 14.8. The average Bonchev–Trinajstić information content (AvgIpc) is 3.53. The Hall–Kier alpha value is -2.68. The maximum atomic E-state index is 14.0. The molecule has 8 nitrogen and oxygen atoms in total. The second kappa shape index (κ2) is 11.7. The first-order valence-electron chi connectivity index (χ1n) is 14.3. The van der Waals surface area contributed by atoms with E-state index in [1.807, 2.05) is 45.2 Å². The molecule has 2 aromatic rings. The second-order valence-electron chi connectivity index (χ2n) is 12.4. The van der Waals surface area contributed by atoms with Gasteiger partial charge < -0.3 is 24.8 Å². The van der Waals surface area contributed by atoms with Gasteiger partial charge in [-0.3, -0.25) is 4.79 Å². The first-order chi connectivity index (χ1) is 19.1. The summed E-state index contributed by atoms with van der Waals surface area (Å²) in [5.41, 5.74) is 2.37. The van der Waals surface area contributed by atoms with Crippen LogP contribution >= 0.6 is 11.6 Å². The molecule has 0 bridgehead atoms. The van der Waals surface area contributed by atoms with Crippen molar-refractivity contribution >= 4 is 23.5 Å². The molecule has 1 aliphatic carbocycles. The summed E-state index contributed by atoms with van der Waals surface area (Å²) in [6, 6.07) is 7.47. The van der Waals surface area contributed by atoms with E-state index in [4.69, 9.17) is 21.1 Å². The molecule has 216 valence electrons. The van der Waals surface area contributed by atoms with Gasteiger partial charge in [-0.25, -0.2) is 9.78 Å². The highest BCUT2D eigenvalue weighted by molar-refractivity contribution is 6.31. The Morgan fingerprint density at radius 1 is 1.20 bits per heavy atom. The Kier molecular flexibility index (Phi) is 8.41. The van der Waals surface area contributed by atoms with Crippen LogP contribution in [-0.4, -0.2) is 58.8 Å². The molecule has 3 heterocycles. The van der Waals surface area contributed by atoms with Crippen molar-refractivity contribution in [1.29, 1.82) is 0 Å². The van der Waals surface area contributed by atoms with Gasteiger partial charge in [0.05, 0.1) is 13.2 Å². The van der Waals surface area contributed by atoms with Gasteiger partial charge in [-0.05, 0) is 60.3 Å². The number of aromatic nitrogens is 1. The lowest BCUT2D eigenvalue weighted by Crippen LogP contribution is -2.50. The number of amides is 1. The van der Waals surface area contributed by atoms with Crippen LogP contribution in [0.4, 0.5) is 0 Å². The summed E-state index contributed by atoms with van der Waals surface area (Å²) in [7, 11) is 1.61. The fourth-order valence-corrected chi connectivity index (χ4v) is 6.97. The Labute approximate surface area is 241 Å². The normalized spacial score (nSPS) is 27.0. The molecular weight excluding hydrogens is 530 g/mol. The molecule has 40 heavy (non-hydrogen) atoms. The topological polar surface area (TPSA) is 101 Å². The number of carboxylic acids is 1. The average molecular weight is 570 g/mol. The maximum Gasteiger partial charge on any atom is 0.326 e. The van der Waals surface area contributed by atoms with E-state index in [2.05, 4.69) is 16.4 Å². The molecule has 5 atom stereocenters. The summed E-state index contributed by atoms with van der Waals surface area (Å²) < 4.78 is 11.4. The minimum atomic E-state index is -1.06. The molecule has 1 aromatic carbocycles. The third kappa shape index (κ3) is 5.46. The number of nitrogens with zero attached hydrogens (tertiary/aromatic N) is 2. The summed E-state index contributed by atoms with van der Waals surface area (Å²) in [6.07, 6.45) is 6.13. The van der Waals surface area contributed by atoms with Crippen LogP contribution in [0, 0.1) is 11.3 Å². The molecule has 2 saturated heterocycles. The lowest BCUT2D eigenvalue weighted by atomic mass is 9.72. The van der Waals surface area contributed by atoms with Gasteiger partial charge in [0.2, 0.25) is 5.88 Å². The van der Waals surface area contributed by atoms with Crippen LogP contribution in [0.25, 0.3) is 0 Å². The fraction of sp³-hybridized carbons (Fsp3) is 0.581. The molecule has 0 spiro atoms. The van der Waals surface area contributed by atoms with Crippen molar-refractivity contribution in [1.82, 2.24) is 15.2 Å². The van der Waals surface area contributed by atoms with E-state index in [0.717, 1.165) is 30.4 Å². The van der Waals surface area contributed by atoms with Gasteiger partial charge in [0.25, 0.3) is 5.91 Å². The number of methoxy groups -OCH3 is 1. The van der Waals surface area contributed by atoms with Gasteiger partial charge >= 0.3 is 5.97 Å². The number of benzene rings is 1. The van der Waals surface area contributed by atoms with Crippen molar-refractivity contribution in [3.8, 4) is 5.88 Å². The number of rotatable bonds is 8. The number of hydrogen-bond acceptors (Lipinski definition) is 6. The van der Waals surface area contributed by atoms with Crippen LogP contribution in [0.3, 0.4) is 0 Å². The molecular formula is C31H40ClN3O5. The number of aliphatic carboxylic acids is 1. The smallest absolute Gasteiger partial charge is 0.326 e. The SMILES string of the molecule is COc1ncc(C2CCC2)cc1CN[C@@H]1[C@@H](C(C)(C)C)[C@H](C(=O)O)N(C(=O)[C@@H]2CCCO2)[C@@H]1c1ccccc1Cl. The molecule has 0 radical (unpaired) electrons. The van der Waals surface area contributed by atoms with Crippen LogP contribution in [0.15, 0.2) is 36.5 Å². The molecule has 1 aromatic heterocycles. The highest BCUT2D eigenvalue weighted by Crippen LogP contribution is 2.50. The number of pyridine rings is 1. The number of likely N-dealkylation sites (tertiary alicyclic amines) is 1. The zero-order valence-corrected chi connectivity index (χ0v) is 24.5. The van der Waals surface area contributed by atoms with Gasteiger partial charge in [0, 0.05) is 41.9 Å². The van der Waals surface area contributed by atoms with Crippen molar-refractivity contribution in [2.24, 2.45) is 11.3 Å². The quantitative estimate of drug-likeness (QED) is 0.442. The van der Waals surface area contributed by atoms with Crippen LogP contribution in [0.1, 0.15) is 81.5 Å². The molecule has 2 aliphatic heterocycles. The van der Waals surface area contributed by atoms with Gasteiger partial charge in [-0.15, -0.1) is 0 Å². The minimum absolute atomic E-state index is 0.292. The molecule has 5 rings (SSSR count). The molecule has 1 saturated carbocycles. The zero-order chi connectivity index (χ0) is 28.6. The van der Waals surface area contributed by atoms with Crippen LogP contribution in [0.2, 0.25) is 5.02 Å². The van der Waals surface area contributed by atoms with E-state index in [-0.39, 0.29) is 5.91 Å². The maximum absolute atomic E-state index is 14.0. The van der Waals surface area contributed by atoms with E-state index < -0.39 is 41.5 Å². The highest BCUT2D eigenvalue weighted by atomic mass is 35.5. The largest absolute Gasteiger partial charge is 0.481 e. The molecule has 1 amide bonds.